The van der Waals surface area contributed by atoms with E-state index in [4.69, 9.17) is 15.2 Å². The fraction of sp³-hybridized carbons (Fsp3) is 0.310. The van der Waals surface area contributed by atoms with Gasteiger partial charge >= 0.3 is 6.09 Å². The van der Waals surface area contributed by atoms with Gasteiger partial charge in [-0.1, -0.05) is 24.3 Å². The predicted molar refractivity (Wildman–Crippen MR) is 149 cm³/mol. The molecule has 5 rings (SSSR count). The molecule has 0 unspecified atom stereocenters. The second kappa shape index (κ2) is 10.6. The van der Waals surface area contributed by atoms with Gasteiger partial charge in [0.05, 0.1) is 10.2 Å². The SMILES string of the molecule is CC(C)(C)OC(=O)N1CCN(Cc2ccc(-c3cc4nccc(Oc5ccc(N)cc5F)c4s3)cc2)CC1. The molecule has 1 fully saturated rings. The third kappa shape index (κ3) is 6.06. The fourth-order valence-corrected chi connectivity index (χ4v) is 5.37. The van der Waals surface area contributed by atoms with Crippen LogP contribution in [0.2, 0.25) is 0 Å². The molecule has 1 amide bonds. The van der Waals surface area contributed by atoms with Crippen LogP contribution in [0.3, 0.4) is 0 Å². The lowest BCUT2D eigenvalue weighted by molar-refractivity contribution is 0.0139. The number of nitrogen functional groups attached to an aromatic ring is 1. The number of benzene rings is 2. The minimum Gasteiger partial charge on any atom is -0.453 e. The van der Waals surface area contributed by atoms with Crippen molar-refractivity contribution in [2.75, 3.05) is 31.9 Å². The number of piperazine rings is 1. The highest BCUT2D eigenvalue weighted by Crippen LogP contribution is 2.39. The van der Waals surface area contributed by atoms with Gasteiger partial charge in [0.15, 0.2) is 11.6 Å². The highest BCUT2D eigenvalue weighted by Gasteiger charge is 2.25. The van der Waals surface area contributed by atoms with Crippen molar-refractivity contribution in [3.05, 3.63) is 72.2 Å². The molecule has 2 aromatic carbocycles. The van der Waals surface area contributed by atoms with Crippen LogP contribution < -0.4 is 10.5 Å². The summed E-state index contributed by atoms with van der Waals surface area (Å²) in [5, 5.41) is 0. The van der Waals surface area contributed by atoms with Crippen LogP contribution in [-0.2, 0) is 11.3 Å². The molecule has 9 heteroatoms. The average Bonchev–Trinajstić information content (AvgIpc) is 3.31. The molecule has 2 aromatic heterocycles. The number of anilines is 1. The largest absolute Gasteiger partial charge is 0.453 e. The molecule has 0 radical (unpaired) electrons. The topological polar surface area (TPSA) is 80.9 Å². The number of halogens is 1. The van der Waals surface area contributed by atoms with Crippen LogP contribution in [0.1, 0.15) is 26.3 Å². The number of carbonyl (C=O) groups excluding carboxylic acids is 1. The van der Waals surface area contributed by atoms with Crippen LogP contribution in [0.4, 0.5) is 14.9 Å². The lowest BCUT2D eigenvalue weighted by atomic mass is 10.1. The second-order valence-electron chi connectivity index (χ2n) is 10.4. The molecule has 4 aromatic rings. The van der Waals surface area contributed by atoms with Crippen molar-refractivity contribution in [2.45, 2.75) is 32.9 Å². The van der Waals surface area contributed by atoms with Crippen LogP contribution in [0, 0.1) is 5.82 Å². The van der Waals surface area contributed by atoms with E-state index in [0.717, 1.165) is 40.3 Å². The molecule has 2 N–H and O–H groups in total. The van der Waals surface area contributed by atoms with Gasteiger partial charge in [0.25, 0.3) is 0 Å². The Kier molecular flexibility index (Phi) is 7.23. The number of rotatable bonds is 5. The zero-order chi connectivity index (χ0) is 26.9. The Hall–Kier alpha value is -3.69. The summed E-state index contributed by atoms with van der Waals surface area (Å²) in [4.78, 5) is 22.0. The Morgan fingerprint density at radius 1 is 1.03 bits per heavy atom. The first-order valence-corrected chi connectivity index (χ1v) is 13.4. The molecule has 1 aliphatic rings. The van der Waals surface area contributed by atoms with E-state index < -0.39 is 11.4 Å². The molecule has 0 bridgehead atoms. The van der Waals surface area contributed by atoms with Crippen LogP contribution >= 0.6 is 11.3 Å². The summed E-state index contributed by atoms with van der Waals surface area (Å²) in [6, 6.07) is 16.6. The highest BCUT2D eigenvalue weighted by atomic mass is 32.1. The van der Waals surface area contributed by atoms with Crippen molar-refractivity contribution in [3.63, 3.8) is 0 Å². The highest BCUT2D eigenvalue weighted by molar-refractivity contribution is 7.22. The van der Waals surface area contributed by atoms with Gasteiger partial charge in [0.1, 0.15) is 11.4 Å². The Morgan fingerprint density at radius 3 is 2.45 bits per heavy atom. The summed E-state index contributed by atoms with van der Waals surface area (Å²) < 4.78 is 26.5. The van der Waals surface area contributed by atoms with Crippen LogP contribution in [0.5, 0.6) is 11.5 Å². The van der Waals surface area contributed by atoms with E-state index in [1.807, 2.05) is 26.8 Å². The van der Waals surface area contributed by atoms with Gasteiger partial charge in [0, 0.05) is 61.6 Å². The molecular formula is C29H31FN4O3S. The quantitative estimate of drug-likeness (QED) is 0.293. The number of nitrogens with zero attached hydrogens (tertiary/aromatic N) is 3. The Balaban J connectivity index is 1.24. The molecule has 3 heterocycles. The van der Waals surface area contributed by atoms with E-state index in [2.05, 4.69) is 34.1 Å². The number of fused-ring (bicyclic) bond motifs is 1. The van der Waals surface area contributed by atoms with Crippen molar-refractivity contribution < 1.29 is 18.7 Å². The molecule has 198 valence electrons. The number of hydrogen-bond donors (Lipinski definition) is 1. The third-order valence-electron chi connectivity index (χ3n) is 6.22. The summed E-state index contributed by atoms with van der Waals surface area (Å²) in [6.45, 7) is 9.40. The first-order valence-electron chi connectivity index (χ1n) is 12.6. The van der Waals surface area contributed by atoms with Crippen molar-refractivity contribution in [1.29, 1.82) is 0 Å². The van der Waals surface area contributed by atoms with Crippen LogP contribution in [-0.4, -0.2) is 52.7 Å². The summed E-state index contributed by atoms with van der Waals surface area (Å²) >= 11 is 1.56. The Bertz CT molecular complexity index is 1440. The normalized spacial score (nSPS) is 14.6. The van der Waals surface area contributed by atoms with Crippen molar-refractivity contribution >= 4 is 33.3 Å². The van der Waals surface area contributed by atoms with E-state index in [1.54, 1.807) is 34.6 Å². The Labute approximate surface area is 225 Å². The van der Waals surface area contributed by atoms with Gasteiger partial charge in [0.2, 0.25) is 0 Å². The van der Waals surface area contributed by atoms with Gasteiger partial charge < -0.3 is 20.1 Å². The average molecular weight is 535 g/mol. The van der Waals surface area contributed by atoms with Gasteiger partial charge in [-0.15, -0.1) is 11.3 Å². The number of ether oxygens (including phenoxy) is 2. The number of thiophene rings is 1. The molecule has 0 aliphatic carbocycles. The van der Waals surface area contributed by atoms with Crippen LogP contribution in [0.15, 0.2) is 60.8 Å². The number of pyridine rings is 1. The minimum absolute atomic E-state index is 0.123. The summed E-state index contributed by atoms with van der Waals surface area (Å²) in [7, 11) is 0. The Morgan fingerprint density at radius 2 is 1.76 bits per heavy atom. The maximum Gasteiger partial charge on any atom is 0.410 e. The molecule has 7 nitrogen and oxygen atoms in total. The van der Waals surface area contributed by atoms with E-state index in [0.29, 0.717) is 24.5 Å². The van der Waals surface area contributed by atoms with Gasteiger partial charge in [-0.2, -0.15) is 0 Å². The van der Waals surface area contributed by atoms with E-state index >= 15 is 0 Å². The van der Waals surface area contributed by atoms with Crippen molar-refractivity contribution in [1.82, 2.24) is 14.8 Å². The van der Waals surface area contributed by atoms with Crippen molar-refractivity contribution in [3.8, 4) is 21.9 Å². The number of nitrogens with two attached hydrogens (primary N) is 1. The predicted octanol–water partition coefficient (Wildman–Crippen LogP) is 6.53. The maximum absolute atomic E-state index is 14.3. The third-order valence-corrected chi connectivity index (χ3v) is 7.41. The van der Waals surface area contributed by atoms with Crippen molar-refractivity contribution in [2.24, 2.45) is 0 Å². The summed E-state index contributed by atoms with van der Waals surface area (Å²) in [5.74, 6) is 0.170. The second-order valence-corrected chi connectivity index (χ2v) is 11.4. The summed E-state index contributed by atoms with van der Waals surface area (Å²) in [5.41, 5.74) is 8.60. The van der Waals surface area contributed by atoms with E-state index in [9.17, 15) is 9.18 Å². The van der Waals surface area contributed by atoms with Gasteiger partial charge in [-0.3, -0.25) is 9.88 Å². The smallest absolute Gasteiger partial charge is 0.410 e. The van der Waals surface area contributed by atoms with E-state index in [-0.39, 0.29) is 11.8 Å². The number of carbonyl (C=O) groups is 1. The molecule has 1 aliphatic heterocycles. The van der Waals surface area contributed by atoms with E-state index in [1.165, 1.54) is 17.7 Å². The molecule has 0 spiro atoms. The maximum atomic E-state index is 14.3. The lowest BCUT2D eigenvalue weighted by Crippen LogP contribution is -2.49. The standard InChI is InChI=1S/C29H31FN4O3S/c1-29(2,3)37-28(35)34-14-12-33(13-15-34)18-19-4-6-20(7-5-19)26-17-23-27(38-26)25(10-11-32-23)36-24-9-8-21(31)16-22(24)30/h4-11,16-17H,12-15,18,31H2,1-3H3. The number of hydrogen-bond acceptors (Lipinski definition) is 7. The fourth-order valence-electron chi connectivity index (χ4n) is 4.30. The molecule has 38 heavy (non-hydrogen) atoms. The molecular weight excluding hydrogens is 503 g/mol. The van der Waals surface area contributed by atoms with Crippen LogP contribution in [0.25, 0.3) is 20.7 Å². The van der Waals surface area contributed by atoms with Gasteiger partial charge in [-0.05, 0) is 50.1 Å². The monoisotopic (exact) mass is 534 g/mol. The molecule has 0 saturated carbocycles. The minimum atomic E-state index is -0.506. The molecule has 1 saturated heterocycles. The first kappa shape index (κ1) is 25.9. The first-order chi connectivity index (χ1) is 18.1. The zero-order valence-corrected chi connectivity index (χ0v) is 22.6. The summed E-state index contributed by atoms with van der Waals surface area (Å²) in [6.07, 6.45) is 1.42. The number of aromatic nitrogens is 1. The lowest BCUT2D eigenvalue weighted by Gasteiger charge is -2.35. The number of amides is 1. The van der Waals surface area contributed by atoms with Gasteiger partial charge in [-0.25, -0.2) is 9.18 Å². The molecule has 0 atom stereocenters. The zero-order valence-electron chi connectivity index (χ0n) is 21.7.